The van der Waals surface area contributed by atoms with Gasteiger partial charge in [-0.25, -0.2) is 4.98 Å². The lowest BCUT2D eigenvalue weighted by Gasteiger charge is -2.50. The number of hydrogen-bond donors (Lipinski definition) is 2. The Balaban J connectivity index is 1.17. The van der Waals surface area contributed by atoms with Crippen LogP contribution in [0.15, 0.2) is 21.9 Å². The summed E-state index contributed by atoms with van der Waals surface area (Å²) in [5, 5.41) is 4.92. The molecule has 2 aromatic rings. The van der Waals surface area contributed by atoms with Gasteiger partial charge >= 0.3 is 12.4 Å². The standard InChI is InChI=1S/C29H37ClF6N6O2/c1-16-14-42(27-22(30)11-19(12-37-27)39-24-23(25(43)26(24)44)38-15-28(31,32)33)17(2)13-41(16)20-6-8-40(9-7-20)21-5-3-4-18(10-21)29(34,35)36/h11-12,16-18,20-21,38-39H,3-10,13-15H2,1-2H3/t16-,17+,18?,21?/m1/s1. The number of nitrogens with one attached hydrogen (secondary N) is 2. The van der Waals surface area contributed by atoms with Gasteiger partial charge in [0.05, 0.1) is 22.8 Å². The first-order valence-electron chi connectivity index (χ1n) is 15.0. The van der Waals surface area contributed by atoms with Crippen LogP contribution in [0.5, 0.6) is 0 Å². The highest BCUT2D eigenvalue weighted by Gasteiger charge is 2.44. The molecule has 3 fully saturated rings. The number of alkyl halides is 6. The van der Waals surface area contributed by atoms with Gasteiger partial charge in [0.1, 0.15) is 23.7 Å². The van der Waals surface area contributed by atoms with Gasteiger partial charge in [0.2, 0.25) is 0 Å². The Morgan fingerprint density at radius 2 is 1.61 bits per heavy atom. The van der Waals surface area contributed by atoms with E-state index >= 15 is 0 Å². The molecular formula is C29H37ClF6N6O2. The number of likely N-dealkylation sites (tertiary alicyclic amines) is 1. The van der Waals surface area contributed by atoms with Crippen molar-refractivity contribution in [2.24, 2.45) is 5.92 Å². The topological polar surface area (TPSA) is 80.8 Å². The van der Waals surface area contributed by atoms with E-state index in [4.69, 9.17) is 11.6 Å². The smallest absolute Gasteiger partial charge is 0.371 e. The third-order valence-electron chi connectivity index (χ3n) is 9.37. The van der Waals surface area contributed by atoms with Crippen molar-refractivity contribution in [1.29, 1.82) is 0 Å². The van der Waals surface area contributed by atoms with Crippen molar-refractivity contribution >= 4 is 34.5 Å². The van der Waals surface area contributed by atoms with Crippen LogP contribution in [0.1, 0.15) is 52.4 Å². The minimum Gasteiger partial charge on any atom is -0.371 e. The molecule has 4 atom stereocenters. The Hall–Kier alpha value is -2.58. The summed E-state index contributed by atoms with van der Waals surface area (Å²) in [7, 11) is 0. The van der Waals surface area contributed by atoms with Crippen molar-refractivity contribution in [3.8, 4) is 0 Å². The molecule has 244 valence electrons. The number of nitrogens with zero attached hydrogens (tertiary/aromatic N) is 4. The molecule has 0 bridgehead atoms. The van der Waals surface area contributed by atoms with Gasteiger partial charge in [-0.2, -0.15) is 26.3 Å². The largest absolute Gasteiger partial charge is 0.405 e. The first-order chi connectivity index (χ1) is 20.6. The molecule has 3 heterocycles. The Morgan fingerprint density at radius 1 is 0.932 bits per heavy atom. The van der Waals surface area contributed by atoms with E-state index in [-0.39, 0.29) is 47.4 Å². The van der Waals surface area contributed by atoms with Crippen LogP contribution in [-0.2, 0) is 0 Å². The quantitative estimate of drug-likeness (QED) is 0.299. The molecule has 0 amide bonds. The molecule has 0 radical (unpaired) electrons. The summed E-state index contributed by atoms with van der Waals surface area (Å²) in [6.45, 7) is 5.73. The number of hydrogen-bond acceptors (Lipinski definition) is 8. The summed E-state index contributed by atoms with van der Waals surface area (Å²) in [6.07, 6.45) is -3.58. The third kappa shape index (κ3) is 7.12. The van der Waals surface area contributed by atoms with Crippen LogP contribution < -0.4 is 26.4 Å². The summed E-state index contributed by atoms with van der Waals surface area (Å²) in [6, 6.07) is 2.05. The maximum Gasteiger partial charge on any atom is 0.405 e. The van der Waals surface area contributed by atoms with Crippen molar-refractivity contribution in [2.45, 2.75) is 88.9 Å². The minimum absolute atomic E-state index is 0.00266. The Bertz CT molecular complexity index is 1390. The zero-order valence-electron chi connectivity index (χ0n) is 24.6. The highest BCUT2D eigenvalue weighted by atomic mass is 35.5. The first kappa shape index (κ1) is 32.8. The molecular weight excluding hydrogens is 614 g/mol. The SMILES string of the molecule is C[C@@H]1CN(c2ncc(Nc3c(NCC(F)(F)F)c(=O)c3=O)cc2Cl)[C@@H](C)CN1C1CCN(C2CCCC(C(F)(F)F)C2)CC1. The number of rotatable bonds is 7. The van der Waals surface area contributed by atoms with Crippen LogP contribution in [0.25, 0.3) is 0 Å². The minimum atomic E-state index is -4.56. The van der Waals surface area contributed by atoms with Crippen LogP contribution in [0.2, 0.25) is 5.02 Å². The molecule has 1 aromatic heterocycles. The van der Waals surface area contributed by atoms with E-state index in [2.05, 4.69) is 38.8 Å². The highest BCUT2D eigenvalue weighted by Crippen LogP contribution is 2.40. The Kier molecular flexibility index (Phi) is 9.44. The van der Waals surface area contributed by atoms with Crippen LogP contribution in [0.4, 0.5) is 49.2 Å². The van der Waals surface area contributed by atoms with Gasteiger partial charge in [-0.3, -0.25) is 14.5 Å². The average molecular weight is 651 g/mol. The summed E-state index contributed by atoms with van der Waals surface area (Å²) in [5.74, 6) is -0.666. The normalized spacial score (nSPS) is 26.7. The second kappa shape index (κ2) is 12.7. The number of piperidine rings is 1. The van der Waals surface area contributed by atoms with E-state index in [0.717, 1.165) is 38.9 Å². The lowest BCUT2D eigenvalue weighted by Crippen LogP contribution is -2.61. The highest BCUT2D eigenvalue weighted by molar-refractivity contribution is 6.33. The molecule has 3 aliphatic rings. The first-order valence-corrected chi connectivity index (χ1v) is 15.4. The molecule has 1 aliphatic carbocycles. The molecule has 8 nitrogen and oxygen atoms in total. The van der Waals surface area contributed by atoms with E-state index in [1.165, 1.54) is 12.3 Å². The summed E-state index contributed by atoms with van der Waals surface area (Å²) in [5.41, 5.74) is -2.39. The van der Waals surface area contributed by atoms with E-state index < -0.39 is 41.4 Å². The van der Waals surface area contributed by atoms with E-state index in [9.17, 15) is 35.9 Å². The zero-order valence-corrected chi connectivity index (χ0v) is 25.3. The second-order valence-corrected chi connectivity index (χ2v) is 12.8. The van der Waals surface area contributed by atoms with Crippen molar-refractivity contribution in [3.63, 3.8) is 0 Å². The Morgan fingerprint density at radius 3 is 2.25 bits per heavy atom. The molecule has 1 saturated carbocycles. The number of aromatic nitrogens is 1. The summed E-state index contributed by atoms with van der Waals surface area (Å²) >= 11 is 6.59. The molecule has 1 aromatic carbocycles. The lowest BCUT2D eigenvalue weighted by molar-refractivity contribution is -0.187. The molecule has 0 spiro atoms. The van der Waals surface area contributed by atoms with E-state index in [1.807, 2.05) is 5.32 Å². The van der Waals surface area contributed by atoms with Gasteiger partial charge in [0.25, 0.3) is 10.9 Å². The van der Waals surface area contributed by atoms with Crippen LogP contribution >= 0.6 is 11.6 Å². The average Bonchev–Trinajstić information content (AvgIpc) is 2.97. The fraction of sp³-hybridized carbons (Fsp3) is 0.690. The summed E-state index contributed by atoms with van der Waals surface area (Å²) < 4.78 is 77.7. The van der Waals surface area contributed by atoms with E-state index in [0.29, 0.717) is 24.8 Å². The van der Waals surface area contributed by atoms with Gasteiger partial charge in [-0.15, -0.1) is 0 Å². The zero-order chi connectivity index (χ0) is 32.0. The summed E-state index contributed by atoms with van der Waals surface area (Å²) in [4.78, 5) is 35.1. The maximum atomic E-state index is 13.3. The number of anilines is 4. The molecule has 5 rings (SSSR count). The molecule has 2 aliphatic heterocycles. The van der Waals surface area contributed by atoms with Gasteiger partial charge in [-0.05, 0) is 65.1 Å². The fourth-order valence-electron chi connectivity index (χ4n) is 7.06. The molecule has 2 unspecified atom stereocenters. The van der Waals surface area contributed by atoms with Crippen LogP contribution in [0, 0.1) is 5.92 Å². The van der Waals surface area contributed by atoms with Gasteiger partial charge < -0.3 is 20.4 Å². The number of piperazine rings is 1. The van der Waals surface area contributed by atoms with Crippen molar-refractivity contribution < 1.29 is 26.3 Å². The van der Waals surface area contributed by atoms with Gasteiger partial charge in [0, 0.05) is 37.3 Å². The fourth-order valence-corrected chi connectivity index (χ4v) is 7.33. The van der Waals surface area contributed by atoms with Crippen molar-refractivity contribution in [3.05, 3.63) is 37.7 Å². The molecule has 2 N–H and O–H groups in total. The number of halogens is 7. The maximum absolute atomic E-state index is 13.3. The lowest BCUT2D eigenvalue weighted by atomic mass is 9.83. The second-order valence-electron chi connectivity index (χ2n) is 12.4. The van der Waals surface area contributed by atoms with Gasteiger partial charge in [-0.1, -0.05) is 18.0 Å². The van der Waals surface area contributed by atoms with Crippen molar-refractivity contribution in [1.82, 2.24) is 14.8 Å². The monoisotopic (exact) mass is 650 g/mol. The van der Waals surface area contributed by atoms with Crippen molar-refractivity contribution in [2.75, 3.05) is 48.3 Å². The predicted octanol–water partition coefficient (Wildman–Crippen LogP) is 5.53. The number of pyridine rings is 1. The van der Waals surface area contributed by atoms with E-state index in [1.54, 1.807) is 0 Å². The molecule has 15 heteroatoms. The molecule has 44 heavy (non-hydrogen) atoms. The Labute approximate surface area is 256 Å². The predicted molar refractivity (Wildman–Crippen MR) is 158 cm³/mol. The van der Waals surface area contributed by atoms with Crippen LogP contribution in [0.3, 0.4) is 0 Å². The van der Waals surface area contributed by atoms with Gasteiger partial charge in [0.15, 0.2) is 0 Å². The van der Waals surface area contributed by atoms with Crippen LogP contribution in [-0.4, -0.2) is 84.0 Å². The third-order valence-corrected chi connectivity index (χ3v) is 9.65. The molecule has 2 saturated heterocycles.